The monoisotopic (exact) mass is 822 g/mol. The van der Waals surface area contributed by atoms with E-state index in [0.29, 0.717) is 19.3 Å². The molecule has 1 aromatic carbocycles. The highest BCUT2D eigenvalue weighted by atomic mass is 16.7. The Labute approximate surface area is 340 Å². The Hall–Kier alpha value is -3.81. The Morgan fingerprint density at radius 1 is 0.831 bits per heavy atom. The number of carbonyl (C=O) groups is 5. The average Bonchev–Trinajstić information content (AvgIpc) is 3.16. The van der Waals surface area contributed by atoms with Gasteiger partial charge >= 0.3 is 0 Å². The Bertz CT molecular complexity index is 2040. The molecule has 16 heteroatoms. The van der Waals surface area contributed by atoms with Gasteiger partial charge in [0.15, 0.2) is 53.4 Å². The van der Waals surface area contributed by atoms with Gasteiger partial charge in [-0.2, -0.15) is 0 Å². The minimum atomic E-state index is -2.82. The van der Waals surface area contributed by atoms with Gasteiger partial charge in [0.1, 0.15) is 29.7 Å². The number of aromatic hydroxyl groups is 1. The zero-order chi connectivity index (χ0) is 42.3. The Morgan fingerprint density at radius 3 is 2.29 bits per heavy atom. The molecule has 1 saturated carbocycles. The molecule has 1 aromatic rings. The summed E-state index contributed by atoms with van der Waals surface area (Å²) in [5, 5.41) is 47.0. The summed E-state index contributed by atoms with van der Waals surface area (Å²) in [5.41, 5.74) is -8.01. The Morgan fingerprint density at radius 2 is 1.59 bits per heavy atom. The van der Waals surface area contributed by atoms with Gasteiger partial charge in [-0.3, -0.25) is 24.0 Å². The van der Waals surface area contributed by atoms with Crippen molar-refractivity contribution in [3.63, 3.8) is 0 Å². The van der Waals surface area contributed by atoms with Gasteiger partial charge in [0.05, 0.1) is 47.3 Å². The van der Waals surface area contributed by atoms with E-state index in [1.807, 2.05) is 0 Å². The molecule has 4 aliphatic heterocycles. The fourth-order valence-electron chi connectivity index (χ4n) is 9.57. The van der Waals surface area contributed by atoms with Crippen LogP contribution >= 0.6 is 0 Å². The fourth-order valence-corrected chi connectivity index (χ4v) is 9.57. The average molecular weight is 823 g/mol. The molecule has 0 aromatic heterocycles. The van der Waals surface area contributed by atoms with Crippen molar-refractivity contribution in [3.05, 3.63) is 64.3 Å². The predicted octanol–water partition coefficient (Wildman–Crippen LogP) is 2.71. The van der Waals surface area contributed by atoms with Gasteiger partial charge in [0, 0.05) is 55.2 Å². The van der Waals surface area contributed by atoms with Crippen molar-refractivity contribution in [2.75, 3.05) is 0 Å². The number of phenols is 1. The van der Waals surface area contributed by atoms with E-state index in [-0.39, 0.29) is 53.1 Å². The topological polar surface area (TPSA) is 231 Å². The third-order valence-electron chi connectivity index (χ3n) is 12.7. The molecule has 0 unspecified atom stereocenters. The smallest absolute Gasteiger partial charge is 0.198 e. The number of hydrogen-bond donors (Lipinski definition) is 4. The van der Waals surface area contributed by atoms with Crippen LogP contribution < -0.4 is 0 Å². The fraction of sp³-hybridized carbons (Fsp3) is 0.605. The predicted molar refractivity (Wildman–Crippen MR) is 201 cm³/mol. The summed E-state index contributed by atoms with van der Waals surface area (Å²) in [4.78, 5) is 66.3. The number of Topliss-reactive ketones (excluding diaryl/α,β-unsaturated/α-hetero) is 4. The lowest BCUT2D eigenvalue weighted by molar-refractivity contribution is -0.290. The quantitative estimate of drug-likeness (QED) is 0.310. The van der Waals surface area contributed by atoms with Gasteiger partial charge in [-0.1, -0.05) is 12.1 Å². The molecule has 14 atom stereocenters. The van der Waals surface area contributed by atoms with E-state index in [9.17, 15) is 44.4 Å². The highest BCUT2D eigenvalue weighted by Gasteiger charge is 2.67. The van der Waals surface area contributed by atoms with Crippen LogP contribution in [0.5, 0.6) is 5.75 Å². The number of allylic oxidation sites excluding steroid dienone is 2. The maximum Gasteiger partial charge on any atom is 0.198 e. The first kappa shape index (κ1) is 41.9. The number of hydrogen-bond acceptors (Lipinski definition) is 16. The lowest BCUT2D eigenvalue weighted by Gasteiger charge is -2.53. The second-order valence-electron chi connectivity index (χ2n) is 17.1. The highest BCUT2D eigenvalue weighted by molar-refractivity contribution is 6.32. The molecule has 3 aliphatic carbocycles. The molecule has 4 N–H and O–H groups in total. The van der Waals surface area contributed by atoms with E-state index < -0.39 is 120 Å². The van der Waals surface area contributed by atoms with Crippen molar-refractivity contribution in [2.45, 2.75) is 164 Å². The van der Waals surface area contributed by atoms with Gasteiger partial charge in [-0.25, -0.2) is 0 Å². The lowest BCUT2D eigenvalue weighted by Crippen LogP contribution is -2.69. The molecule has 0 spiro atoms. The van der Waals surface area contributed by atoms with Crippen LogP contribution in [0.2, 0.25) is 0 Å². The van der Waals surface area contributed by atoms with Crippen LogP contribution in [0.3, 0.4) is 0 Å². The molecular formula is C43H50O16. The van der Waals surface area contributed by atoms with E-state index in [4.69, 9.17) is 33.2 Å². The molecule has 0 bridgehead atoms. The first-order chi connectivity index (χ1) is 27.8. The number of aliphatic hydroxyl groups is 3. The zero-order valence-corrected chi connectivity index (χ0v) is 33.5. The van der Waals surface area contributed by atoms with Gasteiger partial charge in [-0.05, 0) is 65.3 Å². The lowest BCUT2D eigenvalue weighted by atomic mass is 9.57. The van der Waals surface area contributed by atoms with E-state index in [0.717, 1.165) is 6.08 Å². The number of phenolic OH excluding ortho intramolecular Hbond substituents is 1. The molecule has 0 radical (unpaired) electrons. The number of rotatable bonds is 7. The molecule has 3 saturated heterocycles. The second kappa shape index (κ2) is 15.3. The summed E-state index contributed by atoms with van der Waals surface area (Å²) < 4.78 is 41.9. The molecule has 16 nitrogen and oxygen atoms in total. The number of benzene rings is 1. The SMILES string of the molecule is C[C@@H]1O[C@@H](O[C@H]2CC[C@H](O[C@@]3(C)CC(=O)[C@]4(O)C5=C(C=C[C@]4(O)C3)C(=O)c3c(ccc([C@@H]4C[C@H](O)[C@H](O[C@H]6CCC(=O)[C@H](C)O6)[C@H](C)O4)c3O)C5=O)O[C@H]2C)C=CC1=O. The number of aliphatic hydroxyl groups excluding tert-OH is 1. The molecule has 59 heavy (non-hydrogen) atoms. The van der Waals surface area contributed by atoms with E-state index in [1.54, 1.807) is 40.7 Å². The first-order valence-corrected chi connectivity index (χ1v) is 20.2. The van der Waals surface area contributed by atoms with Crippen molar-refractivity contribution in [2.24, 2.45) is 0 Å². The Balaban J connectivity index is 0.965. The normalized spacial score (nSPS) is 42.4. The van der Waals surface area contributed by atoms with Crippen LogP contribution in [0.25, 0.3) is 0 Å². The standard InChI is InChI=1S/C43H50O16/c1-19-26(44)8-11-32(54-19)57-29-10-13-34(56-21(29)3)59-41(5)17-31(47)43(52)36-25(14-15-42(43,51)18-41)38(49)35-24(39(36)50)7-6-23(37(35)48)30-16-28(46)40(22(4)53-30)58-33-12-9-27(45)20(2)55-33/h6-8,11,14-15,19-22,28-30,32-34,40,46,48,51-52H,9-10,12-13,16-18H2,1-5H3/t19-,20-,21-,22-,28-,29-,30-,32-,33-,34-,40+,41-,42-,43-/m0/s1. The van der Waals surface area contributed by atoms with Crippen LogP contribution in [-0.4, -0.2) is 128 Å². The third kappa shape index (κ3) is 7.20. The van der Waals surface area contributed by atoms with Gasteiger partial charge < -0.3 is 53.6 Å². The second-order valence-corrected chi connectivity index (χ2v) is 17.1. The number of fused-ring (bicyclic) bond motifs is 3. The van der Waals surface area contributed by atoms with Gasteiger partial charge in [0.2, 0.25) is 0 Å². The molecule has 318 valence electrons. The summed E-state index contributed by atoms with van der Waals surface area (Å²) in [6, 6.07) is 2.68. The number of carbonyl (C=O) groups excluding carboxylic acids is 5. The van der Waals surface area contributed by atoms with E-state index >= 15 is 0 Å². The Kier molecular flexibility index (Phi) is 10.8. The zero-order valence-electron chi connectivity index (χ0n) is 33.5. The van der Waals surface area contributed by atoms with Gasteiger partial charge in [0.25, 0.3) is 0 Å². The largest absolute Gasteiger partial charge is 0.507 e. The van der Waals surface area contributed by atoms with Crippen LogP contribution in [-0.2, 0) is 47.5 Å². The van der Waals surface area contributed by atoms with Crippen molar-refractivity contribution in [3.8, 4) is 5.75 Å². The van der Waals surface area contributed by atoms with Crippen molar-refractivity contribution < 1.29 is 77.6 Å². The molecular weight excluding hydrogens is 772 g/mol. The van der Waals surface area contributed by atoms with E-state index in [2.05, 4.69) is 0 Å². The maximum absolute atomic E-state index is 14.3. The van der Waals surface area contributed by atoms with Crippen molar-refractivity contribution in [1.29, 1.82) is 0 Å². The summed E-state index contributed by atoms with van der Waals surface area (Å²) in [6.45, 7) is 8.35. The molecule has 7 aliphatic rings. The maximum atomic E-state index is 14.3. The van der Waals surface area contributed by atoms with E-state index in [1.165, 1.54) is 24.3 Å². The van der Waals surface area contributed by atoms with Crippen LogP contribution in [0.1, 0.15) is 112 Å². The minimum Gasteiger partial charge on any atom is -0.507 e. The highest BCUT2D eigenvalue weighted by Crippen LogP contribution is 2.53. The minimum absolute atomic E-state index is 0.0357. The number of ketones is 5. The van der Waals surface area contributed by atoms with Crippen molar-refractivity contribution >= 4 is 28.9 Å². The number of ether oxygens (including phenoxy) is 7. The summed E-state index contributed by atoms with van der Waals surface area (Å²) in [7, 11) is 0. The van der Waals surface area contributed by atoms with Crippen molar-refractivity contribution in [1.82, 2.24) is 0 Å². The molecule has 8 rings (SSSR count). The molecule has 4 heterocycles. The van der Waals surface area contributed by atoms with Crippen LogP contribution in [0.4, 0.5) is 0 Å². The van der Waals surface area contributed by atoms with Crippen LogP contribution in [0, 0.1) is 0 Å². The molecule has 4 fully saturated rings. The third-order valence-corrected chi connectivity index (χ3v) is 12.7. The summed E-state index contributed by atoms with van der Waals surface area (Å²) >= 11 is 0. The summed E-state index contributed by atoms with van der Waals surface area (Å²) in [5.74, 6) is -3.46. The summed E-state index contributed by atoms with van der Waals surface area (Å²) in [6.07, 6.45) is -2.04. The molecule has 0 amide bonds. The van der Waals surface area contributed by atoms with Gasteiger partial charge in [-0.15, -0.1) is 0 Å². The van der Waals surface area contributed by atoms with Crippen LogP contribution in [0.15, 0.2) is 47.6 Å². The first-order valence-electron chi connectivity index (χ1n) is 20.2.